The molecular weight excluding hydrogens is 346 g/mol. The van der Waals surface area contributed by atoms with Gasteiger partial charge in [-0.1, -0.05) is 35.5 Å². The second-order valence-corrected chi connectivity index (χ2v) is 6.75. The summed E-state index contributed by atoms with van der Waals surface area (Å²) in [5.74, 6) is -0.0160. The summed E-state index contributed by atoms with van der Waals surface area (Å²) in [7, 11) is 1.75. The Morgan fingerprint density at radius 2 is 2.00 bits per heavy atom. The summed E-state index contributed by atoms with van der Waals surface area (Å²) in [6.07, 6.45) is 2.51. The van der Waals surface area contributed by atoms with Crippen LogP contribution in [0.25, 0.3) is 0 Å². The number of halogens is 1. The van der Waals surface area contributed by atoms with Crippen LogP contribution < -0.4 is 5.56 Å². The summed E-state index contributed by atoms with van der Waals surface area (Å²) < 4.78 is 0. The minimum atomic E-state index is -0.167. The molecule has 24 heavy (non-hydrogen) atoms. The zero-order chi connectivity index (χ0) is 17.7. The topological polar surface area (TPSA) is 66.1 Å². The third-order valence-corrected chi connectivity index (χ3v) is 4.57. The number of amides is 1. The van der Waals surface area contributed by atoms with Gasteiger partial charge in [-0.15, -0.1) is 0 Å². The van der Waals surface area contributed by atoms with Gasteiger partial charge in [0.15, 0.2) is 5.16 Å². The van der Waals surface area contributed by atoms with Crippen LogP contribution in [0.3, 0.4) is 0 Å². The molecule has 0 unspecified atom stereocenters. The average Bonchev–Trinajstić information content (AvgIpc) is 2.55. The van der Waals surface area contributed by atoms with Crippen molar-refractivity contribution in [2.45, 2.75) is 31.5 Å². The van der Waals surface area contributed by atoms with E-state index < -0.39 is 0 Å². The molecule has 0 bridgehead atoms. The van der Waals surface area contributed by atoms with E-state index in [0.717, 1.165) is 5.56 Å². The molecule has 0 fully saturated rings. The predicted molar refractivity (Wildman–Crippen MR) is 97.6 cm³/mol. The van der Waals surface area contributed by atoms with Crippen molar-refractivity contribution < 1.29 is 4.79 Å². The summed E-state index contributed by atoms with van der Waals surface area (Å²) in [4.78, 5) is 33.1. The van der Waals surface area contributed by atoms with Crippen molar-refractivity contribution in [1.82, 2.24) is 14.9 Å². The van der Waals surface area contributed by atoms with Crippen molar-refractivity contribution in [3.8, 4) is 0 Å². The van der Waals surface area contributed by atoms with E-state index in [1.54, 1.807) is 31.0 Å². The van der Waals surface area contributed by atoms with Crippen LogP contribution in [0.15, 0.2) is 34.2 Å². The molecule has 128 valence electrons. The van der Waals surface area contributed by atoms with E-state index in [-0.39, 0.29) is 17.9 Å². The van der Waals surface area contributed by atoms with Gasteiger partial charge < -0.3 is 9.88 Å². The molecule has 0 saturated carbocycles. The fourth-order valence-corrected chi connectivity index (χ4v) is 2.90. The molecule has 2 aromatic rings. The van der Waals surface area contributed by atoms with E-state index in [9.17, 15) is 9.59 Å². The fourth-order valence-electron chi connectivity index (χ4n) is 2.35. The Bertz CT molecular complexity index is 774. The van der Waals surface area contributed by atoms with Crippen molar-refractivity contribution >= 4 is 29.3 Å². The number of aromatic amines is 1. The van der Waals surface area contributed by atoms with Crippen LogP contribution in [0.2, 0.25) is 5.02 Å². The molecule has 0 saturated heterocycles. The lowest BCUT2D eigenvalue weighted by Gasteiger charge is -2.17. The average molecular weight is 366 g/mol. The van der Waals surface area contributed by atoms with Crippen LogP contribution in [0, 0.1) is 6.92 Å². The number of aryl methyl sites for hydroxylation is 1. The zero-order valence-corrected chi connectivity index (χ0v) is 15.5. The first-order valence-electron chi connectivity index (χ1n) is 7.53. The van der Waals surface area contributed by atoms with Gasteiger partial charge in [0.1, 0.15) is 0 Å². The van der Waals surface area contributed by atoms with Gasteiger partial charge >= 0.3 is 0 Å². The van der Waals surface area contributed by atoms with Crippen molar-refractivity contribution in [1.29, 1.82) is 0 Å². The van der Waals surface area contributed by atoms with E-state index in [0.29, 0.717) is 34.4 Å². The van der Waals surface area contributed by atoms with Crippen LogP contribution in [-0.4, -0.2) is 34.1 Å². The van der Waals surface area contributed by atoms with Crippen LogP contribution in [-0.2, 0) is 17.8 Å². The number of carbonyl (C=O) groups excluding carboxylic acids is 1. The van der Waals surface area contributed by atoms with E-state index in [1.807, 2.05) is 18.4 Å². The van der Waals surface area contributed by atoms with E-state index in [1.165, 1.54) is 11.8 Å². The van der Waals surface area contributed by atoms with Crippen LogP contribution in [0.4, 0.5) is 0 Å². The minimum Gasteiger partial charge on any atom is -0.341 e. The molecular formula is C17H20ClN3O2S. The monoisotopic (exact) mass is 365 g/mol. The van der Waals surface area contributed by atoms with Gasteiger partial charge in [0, 0.05) is 36.3 Å². The lowest BCUT2D eigenvalue weighted by Crippen LogP contribution is -2.27. The molecule has 1 aromatic carbocycles. The lowest BCUT2D eigenvalue weighted by atomic mass is 10.1. The van der Waals surface area contributed by atoms with Crippen molar-refractivity contribution in [2.24, 2.45) is 0 Å². The number of rotatable bonds is 6. The normalized spacial score (nSPS) is 10.7. The van der Waals surface area contributed by atoms with E-state index in [2.05, 4.69) is 9.97 Å². The fraction of sp³-hybridized carbons (Fsp3) is 0.353. The number of nitrogens with one attached hydrogen (secondary N) is 1. The Hall–Kier alpha value is -1.79. The summed E-state index contributed by atoms with van der Waals surface area (Å²) >= 11 is 7.25. The smallest absolute Gasteiger partial charge is 0.254 e. The molecule has 0 atom stereocenters. The maximum atomic E-state index is 12.3. The molecule has 0 spiro atoms. The molecule has 1 heterocycles. The molecule has 1 amide bonds. The quantitative estimate of drug-likeness (QED) is 0.631. The minimum absolute atomic E-state index is 0.0160. The summed E-state index contributed by atoms with van der Waals surface area (Å²) in [5, 5.41) is 1.26. The number of nitrogens with zero attached hydrogens (tertiary/aromatic N) is 2. The van der Waals surface area contributed by atoms with Crippen molar-refractivity contribution in [3.63, 3.8) is 0 Å². The highest BCUT2D eigenvalue weighted by atomic mass is 35.5. The SMILES string of the molecule is CSc1nc(C)c(CCC(=O)N(C)Cc2ccc(Cl)cc2)c(=O)[nH]1. The van der Waals surface area contributed by atoms with Gasteiger partial charge in [-0.25, -0.2) is 4.98 Å². The Morgan fingerprint density at radius 3 is 2.58 bits per heavy atom. The molecule has 7 heteroatoms. The van der Waals surface area contributed by atoms with E-state index >= 15 is 0 Å². The molecule has 5 nitrogen and oxygen atoms in total. The summed E-state index contributed by atoms with van der Waals surface area (Å²) in [6, 6.07) is 7.40. The predicted octanol–water partition coefficient (Wildman–Crippen LogP) is 3.04. The second kappa shape index (κ2) is 8.35. The molecule has 0 aliphatic heterocycles. The number of aromatic nitrogens is 2. The van der Waals surface area contributed by atoms with Crippen LogP contribution in [0.1, 0.15) is 23.2 Å². The lowest BCUT2D eigenvalue weighted by molar-refractivity contribution is -0.130. The maximum absolute atomic E-state index is 12.3. The highest BCUT2D eigenvalue weighted by Crippen LogP contribution is 2.13. The number of H-pyrrole nitrogens is 1. The maximum Gasteiger partial charge on any atom is 0.254 e. The molecule has 2 rings (SSSR count). The van der Waals surface area contributed by atoms with Crippen molar-refractivity contribution in [2.75, 3.05) is 13.3 Å². The first-order chi connectivity index (χ1) is 11.4. The zero-order valence-electron chi connectivity index (χ0n) is 13.9. The van der Waals surface area contributed by atoms with Gasteiger partial charge in [0.25, 0.3) is 5.56 Å². The van der Waals surface area contributed by atoms with Gasteiger partial charge in [-0.05, 0) is 37.3 Å². The number of thioether (sulfide) groups is 1. The molecule has 0 aliphatic carbocycles. The van der Waals surface area contributed by atoms with Gasteiger partial charge in [0.05, 0.1) is 0 Å². The van der Waals surface area contributed by atoms with Crippen LogP contribution >= 0.6 is 23.4 Å². The first kappa shape index (κ1) is 18.5. The third kappa shape index (κ3) is 4.85. The van der Waals surface area contributed by atoms with Crippen LogP contribution in [0.5, 0.6) is 0 Å². The first-order valence-corrected chi connectivity index (χ1v) is 9.13. The number of hydrogen-bond donors (Lipinski definition) is 1. The summed E-state index contributed by atoms with van der Waals surface area (Å²) in [6.45, 7) is 2.31. The number of hydrogen-bond acceptors (Lipinski definition) is 4. The Labute approximate surface area is 150 Å². The van der Waals surface area contributed by atoms with Gasteiger partial charge in [-0.2, -0.15) is 0 Å². The third-order valence-electron chi connectivity index (χ3n) is 3.74. The highest BCUT2D eigenvalue weighted by molar-refractivity contribution is 7.98. The Kier molecular flexibility index (Phi) is 6.45. The second-order valence-electron chi connectivity index (χ2n) is 5.52. The van der Waals surface area contributed by atoms with Gasteiger partial charge in [-0.3, -0.25) is 9.59 Å². The number of benzene rings is 1. The molecule has 0 aliphatic rings. The summed E-state index contributed by atoms with van der Waals surface area (Å²) in [5.41, 5.74) is 2.09. The van der Waals surface area contributed by atoms with Gasteiger partial charge in [0.2, 0.25) is 5.91 Å². The highest BCUT2D eigenvalue weighted by Gasteiger charge is 2.13. The largest absolute Gasteiger partial charge is 0.341 e. The Morgan fingerprint density at radius 1 is 1.33 bits per heavy atom. The molecule has 1 N–H and O–H groups in total. The van der Waals surface area contributed by atoms with Crippen molar-refractivity contribution in [3.05, 3.63) is 56.5 Å². The molecule has 0 radical (unpaired) electrons. The Balaban J connectivity index is 1.97. The molecule has 1 aromatic heterocycles. The number of carbonyl (C=O) groups is 1. The van der Waals surface area contributed by atoms with E-state index in [4.69, 9.17) is 11.6 Å². The standard InChI is InChI=1S/C17H20ClN3O2S/c1-11-14(16(23)20-17(19-11)24-3)8-9-15(22)21(2)10-12-4-6-13(18)7-5-12/h4-7H,8-10H2,1-3H3,(H,19,20,23).